The van der Waals surface area contributed by atoms with Crippen molar-refractivity contribution in [3.8, 4) is 5.75 Å². The van der Waals surface area contributed by atoms with Crippen LogP contribution in [-0.4, -0.2) is 55.1 Å². The number of carbonyl (C=O) groups is 1. The molecule has 0 aliphatic heterocycles. The lowest BCUT2D eigenvalue weighted by Crippen LogP contribution is -2.36. The number of aromatic nitrogens is 2. The number of halogens is 2. The van der Waals surface area contributed by atoms with E-state index >= 15 is 0 Å². The number of methoxy groups -OCH3 is 1. The van der Waals surface area contributed by atoms with E-state index in [0.29, 0.717) is 39.5 Å². The molecule has 158 valence electrons. The van der Waals surface area contributed by atoms with Crippen molar-refractivity contribution in [2.75, 3.05) is 39.2 Å². The van der Waals surface area contributed by atoms with Crippen molar-refractivity contribution >= 4 is 78.2 Å². The van der Waals surface area contributed by atoms with Crippen molar-refractivity contribution < 1.29 is 9.53 Å². The summed E-state index contributed by atoms with van der Waals surface area (Å²) in [5.41, 5.74) is 1.48. The zero-order chi connectivity index (χ0) is 20.5. The summed E-state index contributed by atoms with van der Waals surface area (Å²) >= 11 is 9.15. The van der Waals surface area contributed by atoms with Crippen LogP contribution in [0.25, 0.3) is 20.4 Å². The van der Waals surface area contributed by atoms with Crippen LogP contribution in [-0.2, 0) is 0 Å². The number of thiazole rings is 2. The summed E-state index contributed by atoms with van der Waals surface area (Å²) in [6, 6.07) is 11.3. The molecule has 0 fully saturated rings. The molecule has 0 saturated heterocycles. The first-order chi connectivity index (χ1) is 14.0. The molecule has 30 heavy (non-hydrogen) atoms. The van der Waals surface area contributed by atoms with Crippen molar-refractivity contribution in [1.29, 1.82) is 0 Å². The van der Waals surface area contributed by atoms with Crippen molar-refractivity contribution in [2.24, 2.45) is 0 Å². The molecule has 0 aliphatic carbocycles. The molecule has 4 rings (SSSR count). The van der Waals surface area contributed by atoms with Crippen LogP contribution in [0.2, 0.25) is 5.02 Å². The Labute approximate surface area is 193 Å². The fourth-order valence-corrected chi connectivity index (χ4v) is 5.08. The third kappa shape index (κ3) is 4.38. The normalized spacial score (nSPS) is 11.1. The van der Waals surface area contributed by atoms with Gasteiger partial charge in [0.15, 0.2) is 10.1 Å². The van der Waals surface area contributed by atoms with Crippen LogP contribution < -0.4 is 9.64 Å². The maximum Gasteiger partial charge on any atom is 0.289 e. The predicted molar refractivity (Wildman–Crippen MR) is 128 cm³/mol. The molecule has 2 aromatic carbocycles. The number of nitrogens with zero attached hydrogens (tertiary/aromatic N) is 4. The highest BCUT2D eigenvalue weighted by molar-refractivity contribution is 7.23. The highest BCUT2D eigenvalue weighted by Crippen LogP contribution is 2.39. The number of likely N-dealkylation sites (N-methyl/N-ethyl adjacent to an activating group) is 1. The highest BCUT2D eigenvalue weighted by Gasteiger charge is 2.25. The molecule has 1 amide bonds. The fraction of sp³-hybridized carbons (Fsp3) is 0.250. The van der Waals surface area contributed by atoms with E-state index in [1.165, 1.54) is 22.7 Å². The minimum absolute atomic E-state index is 0. The molecule has 0 unspecified atom stereocenters. The number of hydrogen-bond acceptors (Lipinski definition) is 7. The van der Waals surface area contributed by atoms with Crippen molar-refractivity contribution in [3.63, 3.8) is 0 Å². The van der Waals surface area contributed by atoms with Gasteiger partial charge < -0.3 is 9.64 Å². The maximum absolute atomic E-state index is 13.4. The zero-order valence-corrected chi connectivity index (χ0v) is 19.8. The van der Waals surface area contributed by atoms with Gasteiger partial charge in [-0.25, -0.2) is 9.97 Å². The molecular formula is C20H20Cl2N4O2S2. The number of carbonyl (C=O) groups excluding carboxylic acids is 1. The van der Waals surface area contributed by atoms with E-state index < -0.39 is 0 Å². The smallest absolute Gasteiger partial charge is 0.289 e. The molecule has 0 aliphatic rings. The number of para-hydroxylation sites is 1. The molecule has 0 N–H and O–H groups in total. The summed E-state index contributed by atoms with van der Waals surface area (Å²) in [6.45, 7) is 1.18. The minimum atomic E-state index is -0.165. The number of rotatable bonds is 6. The number of hydrogen-bond donors (Lipinski definition) is 0. The Hall–Kier alpha value is -1.97. The summed E-state index contributed by atoms with van der Waals surface area (Å²) in [5.74, 6) is 0.467. The van der Waals surface area contributed by atoms with Crippen molar-refractivity contribution in [2.45, 2.75) is 0 Å². The van der Waals surface area contributed by atoms with E-state index in [4.69, 9.17) is 21.3 Å². The molecule has 6 nitrogen and oxygen atoms in total. The SMILES string of the molecule is COc1ccc(Cl)c2sc(N(CCN(C)C)C(=O)c3nc4ccccc4s3)nc12.Cl. The van der Waals surface area contributed by atoms with Gasteiger partial charge >= 0.3 is 0 Å². The van der Waals surface area contributed by atoms with Gasteiger partial charge in [0.25, 0.3) is 5.91 Å². The second-order valence-electron chi connectivity index (χ2n) is 6.67. The summed E-state index contributed by atoms with van der Waals surface area (Å²) in [5, 5.41) is 1.62. The van der Waals surface area contributed by atoms with E-state index in [1.807, 2.05) is 43.3 Å². The molecule has 10 heteroatoms. The standard InChI is InChI=1S/C20H19ClN4O2S2.ClH/c1-24(2)10-11-25(19(26)18-22-13-6-4-5-7-15(13)28-18)20-23-16-14(27-3)9-8-12(21)17(16)29-20;/h4-9H,10-11H2,1-3H3;1H. The third-order valence-electron chi connectivity index (χ3n) is 4.39. The summed E-state index contributed by atoms with van der Waals surface area (Å²) < 4.78 is 7.21. The molecule has 0 radical (unpaired) electrons. The number of anilines is 1. The Morgan fingerprint density at radius 3 is 2.57 bits per heavy atom. The lowest BCUT2D eigenvalue weighted by atomic mass is 10.3. The number of fused-ring (bicyclic) bond motifs is 2. The summed E-state index contributed by atoms with van der Waals surface area (Å²) in [7, 11) is 5.54. The summed E-state index contributed by atoms with van der Waals surface area (Å²) in [4.78, 5) is 26.3. The van der Waals surface area contributed by atoms with E-state index in [0.717, 1.165) is 14.9 Å². The molecular weight excluding hydrogens is 463 g/mol. The Kier molecular flexibility index (Phi) is 7.15. The van der Waals surface area contributed by atoms with Gasteiger partial charge in [0.05, 0.1) is 27.0 Å². The average molecular weight is 483 g/mol. The lowest BCUT2D eigenvalue weighted by Gasteiger charge is -2.20. The van der Waals surface area contributed by atoms with E-state index in [1.54, 1.807) is 24.1 Å². The van der Waals surface area contributed by atoms with Crippen LogP contribution >= 0.6 is 46.7 Å². The van der Waals surface area contributed by atoms with Gasteiger partial charge in [-0.1, -0.05) is 35.1 Å². The van der Waals surface area contributed by atoms with Crippen LogP contribution in [0.3, 0.4) is 0 Å². The van der Waals surface area contributed by atoms with E-state index in [9.17, 15) is 4.79 Å². The topological polar surface area (TPSA) is 58.6 Å². The van der Waals surface area contributed by atoms with Gasteiger partial charge in [0.2, 0.25) is 0 Å². The maximum atomic E-state index is 13.4. The molecule has 2 heterocycles. The lowest BCUT2D eigenvalue weighted by molar-refractivity contribution is 0.0985. The average Bonchev–Trinajstić information content (AvgIpc) is 3.33. The Balaban J connectivity index is 0.00000256. The molecule has 2 aromatic heterocycles. The molecule has 0 saturated carbocycles. The van der Waals surface area contributed by atoms with Gasteiger partial charge in [-0.3, -0.25) is 9.69 Å². The van der Waals surface area contributed by atoms with Crippen molar-refractivity contribution in [1.82, 2.24) is 14.9 Å². The van der Waals surface area contributed by atoms with Gasteiger partial charge in [-0.15, -0.1) is 23.7 Å². The first-order valence-electron chi connectivity index (χ1n) is 8.93. The van der Waals surface area contributed by atoms with Gasteiger partial charge in [-0.05, 0) is 38.4 Å². The third-order valence-corrected chi connectivity index (χ3v) is 6.95. The first-order valence-corrected chi connectivity index (χ1v) is 10.9. The van der Waals surface area contributed by atoms with Gasteiger partial charge in [-0.2, -0.15) is 0 Å². The molecule has 0 atom stereocenters. The second kappa shape index (κ2) is 9.45. The quantitative estimate of drug-likeness (QED) is 0.378. The highest BCUT2D eigenvalue weighted by atomic mass is 35.5. The van der Waals surface area contributed by atoms with Gasteiger partial charge in [0.1, 0.15) is 11.3 Å². The Morgan fingerprint density at radius 2 is 1.87 bits per heavy atom. The van der Waals surface area contributed by atoms with Crippen LogP contribution in [0.1, 0.15) is 9.80 Å². The Bertz CT molecular complexity index is 1160. The largest absolute Gasteiger partial charge is 0.494 e. The number of benzene rings is 2. The monoisotopic (exact) mass is 482 g/mol. The van der Waals surface area contributed by atoms with E-state index in [2.05, 4.69) is 4.98 Å². The van der Waals surface area contributed by atoms with Crippen molar-refractivity contribution in [3.05, 3.63) is 46.4 Å². The molecule has 0 spiro atoms. The van der Waals surface area contributed by atoms with Crippen LogP contribution in [0.4, 0.5) is 5.13 Å². The molecule has 4 aromatic rings. The second-order valence-corrected chi connectivity index (χ2v) is 9.09. The first kappa shape index (κ1) is 22.7. The van der Waals surface area contributed by atoms with Crippen LogP contribution in [0, 0.1) is 0 Å². The minimum Gasteiger partial charge on any atom is -0.494 e. The summed E-state index contributed by atoms with van der Waals surface area (Å²) in [6.07, 6.45) is 0. The van der Waals surface area contributed by atoms with Gasteiger partial charge in [0, 0.05) is 13.1 Å². The predicted octanol–water partition coefficient (Wildman–Crippen LogP) is 5.20. The van der Waals surface area contributed by atoms with E-state index in [-0.39, 0.29) is 18.3 Å². The van der Waals surface area contributed by atoms with Crippen LogP contribution in [0.5, 0.6) is 5.75 Å². The fourth-order valence-electron chi connectivity index (χ4n) is 2.88. The van der Waals surface area contributed by atoms with Crippen LogP contribution in [0.15, 0.2) is 36.4 Å². The Morgan fingerprint density at radius 1 is 1.10 bits per heavy atom. The molecule has 0 bridgehead atoms. The number of ether oxygens (including phenoxy) is 1. The zero-order valence-electron chi connectivity index (χ0n) is 16.6. The number of amides is 1.